The van der Waals surface area contributed by atoms with Gasteiger partial charge in [-0.3, -0.25) is 9.67 Å². The zero-order chi connectivity index (χ0) is 14.1. The second kappa shape index (κ2) is 5.52. The van der Waals surface area contributed by atoms with Crippen molar-refractivity contribution in [2.75, 3.05) is 0 Å². The van der Waals surface area contributed by atoms with Crippen LogP contribution in [0.5, 0.6) is 0 Å². The molecular weight excluding hydrogens is 310 g/mol. The highest BCUT2D eigenvalue weighted by molar-refractivity contribution is 7.71. The van der Waals surface area contributed by atoms with Crippen LogP contribution in [0.4, 0.5) is 0 Å². The number of benzene rings is 1. The van der Waals surface area contributed by atoms with Crippen molar-refractivity contribution >= 4 is 35.2 Å². The van der Waals surface area contributed by atoms with Crippen LogP contribution >= 0.6 is 35.2 Å². The van der Waals surface area contributed by atoms with Crippen molar-refractivity contribution in [3.8, 4) is 11.4 Å². The summed E-state index contributed by atoms with van der Waals surface area (Å²) in [5.74, 6) is 0.840. The molecule has 2 aromatic heterocycles. The normalized spacial score (nSPS) is 12.5. The Hall–Kier alpha value is -1.43. The third-order valence-corrected chi connectivity index (χ3v) is 4.82. The highest BCUT2D eigenvalue weighted by Gasteiger charge is 2.17. The van der Waals surface area contributed by atoms with E-state index in [0.29, 0.717) is 4.77 Å². The summed E-state index contributed by atoms with van der Waals surface area (Å²) in [6.07, 6.45) is 0. The van der Waals surface area contributed by atoms with Gasteiger partial charge >= 0.3 is 0 Å². The minimum atomic E-state index is 0.0916. The molecule has 3 aromatic rings. The average Bonchev–Trinajstić information content (AvgIpc) is 3.05. The minimum absolute atomic E-state index is 0.0916. The summed E-state index contributed by atoms with van der Waals surface area (Å²) in [4.78, 5) is 1.16. The van der Waals surface area contributed by atoms with Gasteiger partial charge in [0.05, 0.1) is 10.4 Å². The summed E-state index contributed by atoms with van der Waals surface area (Å²) in [7, 11) is 0. The SMILES string of the molecule is CC(c1ccc(Cl)s1)n1c(-c2ccccc2)n[nH]c1=S. The van der Waals surface area contributed by atoms with E-state index in [1.807, 2.05) is 47.0 Å². The second-order valence-electron chi connectivity index (χ2n) is 4.41. The number of halogens is 1. The van der Waals surface area contributed by atoms with E-state index < -0.39 is 0 Å². The van der Waals surface area contributed by atoms with E-state index in [2.05, 4.69) is 17.1 Å². The Morgan fingerprint density at radius 2 is 2.00 bits per heavy atom. The first-order valence-electron chi connectivity index (χ1n) is 6.14. The molecule has 3 nitrogen and oxygen atoms in total. The molecular formula is C14H12ClN3S2. The van der Waals surface area contributed by atoms with E-state index in [0.717, 1.165) is 20.6 Å². The molecule has 2 heterocycles. The monoisotopic (exact) mass is 321 g/mol. The van der Waals surface area contributed by atoms with Gasteiger partial charge in [0.25, 0.3) is 0 Å². The molecule has 0 saturated carbocycles. The van der Waals surface area contributed by atoms with E-state index in [1.165, 1.54) is 0 Å². The molecule has 20 heavy (non-hydrogen) atoms. The van der Waals surface area contributed by atoms with Crippen LogP contribution in [0.3, 0.4) is 0 Å². The minimum Gasteiger partial charge on any atom is -0.292 e. The Kier molecular flexibility index (Phi) is 3.74. The third-order valence-electron chi connectivity index (χ3n) is 3.13. The molecule has 1 aromatic carbocycles. The van der Waals surface area contributed by atoms with Crippen LogP contribution in [-0.2, 0) is 0 Å². The molecule has 6 heteroatoms. The maximum absolute atomic E-state index is 6.02. The molecule has 0 amide bonds. The quantitative estimate of drug-likeness (QED) is 0.694. The van der Waals surface area contributed by atoms with E-state index in [-0.39, 0.29) is 6.04 Å². The van der Waals surface area contributed by atoms with Crippen molar-refractivity contribution in [2.45, 2.75) is 13.0 Å². The van der Waals surface area contributed by atoms with E-state index in [4.69, 9.17) is 23.8 Å². The van der Waals surface area contributed by atoms with Crippen LogP contribution in [-0.4, -0.2) is 14.8 Å². The van der Waals surface area contributed by atoms with E-state index >= 15 is 0 Å². The van der Waals surface area contributed by atoms with Crippen molar-refractivity contribution in [2.24, 2.45) is 0 Å². The number of aromatic nitrogens is 3. The van der Waals surface area contributed by atoms with Crippen molar-refractivity contribution in [1.82, 2.24) is 14.8 Å². The lowest BCUT2D eigenvalue weighted by Gasteiger charge is -2.14. The molecule has 1 unspecified atom stereocenters. The van der Waals surface area contributed by atoms with Gasteiger partial charge in [-0.15, -0.1) is 11.3 Å². The van der Waals surface area contributed by atoms with Crippen LogP contribution in [0, 0.1) is 4.77 Å². The molecule has 1 N–H and O–H groups in total. The highest BCUT2D eigenvalue weighted by Crippen LogP contribution is 2.31. The summed E-state index contributed by atoms with van der Waals surface area (Å²) < 4.78 is 3.41. The van der Waals surface area contributed by atoms with Crippen molar-refractivity contribution in [3.63, 3.8) is 0 Å². The van der Waals surface area contributed by atoms with Gasteiger partial charge in [-0.25, -0.2) is 0 Å². The molecule has 0 spiro atoms. The molecule has 0 aliphatic carbocycles. The van der Waals surface area contributed by atoms with Gasteiger partial charge in [-0.05, 0) is 31.3 Å². The number of hydrogen-bond donors (Lipinski definition) is 1. The van der Waals surface area contributed by atoms with Gasteiger partial charge in [-0.1, -0.05) is 41.9 Å². The van der Waals surface area contributed by atoms with Gasteiger partial charge in [0.1, 0.15) is 0 Å². The van der Waals surface area contributed by atoms with Crippen LogP contribution in [0.1, 0.15) is 17.8 Å². The Morgan fingerprint density at radius 1 is 1.25 bits per heavy atom. The fourth-order valence-electron chi connectivity index (χ4n) is 2.13. The lowest BCUT2D eigenvalue weighted by Crippen LogP contribution is -2.07. The second-order valence-corrected chi connectivity index (χ2v) is 6.54. The molecule has 0 radical (unpaired) electrons. The third kappa shape index (κ3) is 2.44. The maximum Gasteiger partial charge on any atom is 0.196 e. The summed E-state index contributed by atoms with van der Waals surface area (Å²) in [6, 6.07) is 14.0. The number of hydrogen-bond acceptors (Lipinski definition) is 3. The van der Waals surface area contributed by atoms with Gasteiger partial charge in [0.2, 0.25) is 0 Å². The van der Waals surface area contributed by atoms with E-state index in [1.54, 1.807) is 11.3 Å². The number of thiophene rings is 1. The smallest absolute Gasteiger partial charge is 0.196 e. The van der Waals surface area contributed by atoms with Gasteiger partial charge in [-0.2, -0.15) is 5.10 Å². The Balaban J connectivity index is 2.10. The van der Waals surface area contributed by atoms with Gasteiger partial charge in [0, 0.05) is 10.4 Å². The molecule has 0 bridgehead atoms. The highest BCUT2D eigenvalue weighted by atomic mass is 35.5. The number of aromatic amines is 1. The molecule has 0 aliphatic rings. The van der Waals surface area contributed by atoms with Gasteiger partial charge < -0.3 is 0 Å². The summed E-state index contributed by atoms with van der Waals surface area (Å²) >= 11 is 13.0. The van der Waals surface area contributed by atoms with Crippen LogP contribution in [0.2, 0.25) is 4.34 Å². The number of nitrogens with zero attached hydrogens (tertiary/aromatic N) is 2. The predicted molar refractivity (Wildman–Crippen MR) is 86.0 cm³/mol. The molecule has 3 rings (SSSR count). The average molecular weight is 322 g/mol. The number of H-pyrrole nitrogens is 1. The Morgan fingerprint density at radius 3 is 2.65 bits per heavy atom. The maximum atomic E-state index is 6.02. The first-order chi connectivity index (χ1) is 9.66. The van der Waals surface area contributed by atoms with E-state index in [9.17, 15) is 0 Å². The summed E-state index contributed by atoms with van der Waals surface area (Å²) in [5, 5.41) is 7.24. The summed E-state index contributed by atoms with van der Waals surface area (Å²) in [6.45, 7) is 2.10. The van der Waals surface area contributed by atoms with Crippen molar-refractivity contribution in [3.05, 3.63) is 56.4 Å². The molecule has 0 aliphatic heterocycles. The van der Waals surface area contributed by atoms with Crippen LogP contribution < -0.4 is 0 Å². The molecule has 0 fully saturated rings. The molecule has 102 valence electrons. The lowest BCUT2D eigenvalue weighted by atomic mass is 10.2. The van der Waals surface area contributed by atoms with Crippen LogP contribution in [0.25, 0.3) is 11.4 Å². The standard InChI is InChI=1S/C14H12ClN3S2/c1-9(11-7-8-12(15)20-11)18-13(16-17-14(18)19)10-5-3-2-4-6-10/h2-9H,1H3,(H,17,19). The summed E-state index contributed by atoms with van der Waals surface area (Å²) in [5.41, 5.74) is 1.04. The predicted octanol–water partition coefficient (Wildman–Crippen LogP) is 4.93. The lowest BCUT2D eigenvalue weighted by molar-refractivity contribution is 0.646. The molecule has 1 atom stereocenters. The fourth-order valence-corrected chi connectivity index (χ4v) is 3.53. The topological polar surface area (TPSA) is 33.6 Å². The zero-order valence-corrected chi connectivity index (χ0v) is 13.1. The van der Waals surface area contributed by atoms with Crippen molar-refractivity contribution < 1.29 is 0 Å². The largest absolute Gasteiger partial charge is 0.292 e. The first kappa shape index (κ1) is 13.5. The van der Waals surface area contributed by atoms with Crippen molar-refractivity contribution in [1.29, 1.82) is 0 Å². The first-order valence-corrected chi connectivity index (χ1v) is 7.74. The Labute approximate surface area is 130 Å². The van der Waals surface area contributed by atoms with Crippen LogP contribution in [0.15, 0.2) is 42.5 Å². The Bertz CT molecular complexity index is 773. The molecule has 0 saturated heterocycles. The zero-order valence-electron chi connectivity index (χ0n) is 10.7. The number of rotatable bonds is 3. The fraction of sp³-hybridized carbons (Fsp3) is 0.143. The van der Waals surface area contributed by atoms with Gasteiger partial charge in [0.15, 0.2) is 10.6 Å². The number of nitrogens with one attached hydrogen (secondary N) is 1.